The van der Waals surface area contributed by atoms with E-state index in [-0.39, 0.29) is 0 Å². The summed E-state index contributed by atoms with van der Waals surface area (Å²) in [6.07, 6.45) is 1.96. The Morgan fingerprint density at radius 3 is 2.25 bits per heavy atom. The van der Waals surface area contributed by atoms with Crippen molar-refractivity contribution in [2.75, 3.05) is 0 Å². The lowest BCUT2D eigenvalue weighted by Gasteiger charge is -2.08. The molecule has 0 radical (unpaired) electrons. The lowest BCUT2D eigenvalue weighted by atomic mass is 10.0. The zero-order chi connectivity index (χ0) is 9.14. The first kappa shape index (κ1) is 9.88. The van der Waals surface area contributed by atoms with Crippen LogP contribution >= 0.6 is 23.2 Å². The van der Waals surface area contributed by atoms with E-state index in [1.54, 1.807) is 0 Å². The molecule has 0 N–H and O–H groups in total. The fourth-order valence-corrected chi connectivity index (χ4v) is 1.84. The standard InChI is InChI=1S/C10H12Cl2/c1-3-7-5-6-9(11)10(12)8(7)4-2/h5-6H,3-4H2,1-2H3. The van der Waals surface area contributed by atoms with Crippen LogP contribution in [0.5, 0.6) is 0 Å². The minimum Gasteiger partial charge on any atom is -0.0827 e. The lowest BCUT2D eigenvalue weighted by Crippen LogP contribution is -1.92. The molecular formula is C10H12Cl2. The summed E-state index contributed by atoms with van der Waals surface area (Å²) in [7, 11) is 0. The molecule has 0 aliphatic heterocycles. The van der Waals surface area contributed by atoms with Crippen molar-refractivity contribution in [3.05, 3.63) is 33.3 Å². The molecule has 0 aliphatic carbocycles. The van der Waals surface area contributed by atoms with E-state index in [1.165, 1.54) is 11.1 Å². The van der Waals surface area contributed by atoms with Gasteiger partial charge in [0.25, 0.3) is 0 Å². The molecule has 0 nitrogen and oxygen atoms in total. The lowest BCUT2D eigenvalue weighted by molar-refractivity contribution is 1.04. The van der Waals surface area contributed by atoms with Gasteiger partial charge in [-0.3, -0.25) is 0 Å². The minimum absolute atomic E-state index is 0.658. The van der Waals surface area contributed by atoms with Crippen LogP contribution in [0, 0.1) is 0 Å². The topological polar surface area (TPSA) is 0 Å². The molecule has 1 rings (SSSR count). The molecule has 0 aromatic heterocycles. The second kappa shape index (κ2) is 4.15. The van der Waals surface area contributed by atoms with Crippen molar-refractivity contribution in [1.29, 1.82) is 0 Å². The first-order valence-corrected chi connectivity index (χ1v) is 4.92. The highest BCUT2D eigenvalue weighted by Crippen LogP contribution is 2.29. The van der Waals surface area contributed by atoms with E-state index in [0.717, 1.165) is 17.9 Å². The van der Waals surface area contributed by atoms with Crippen molar-refractivity contribution in [3.63, 3.8) is 0 Å². The zero-order valence-corrected chi connectivity index (χ0v) is 8.84. The van der Waals surface area contributed by atoms with Crippen LogP contribution in [0.4, 0.5) is 0 Å². The molecule has 0 fully saturated rings. The summed E-state index contributed by atoms with van der Waals surface area (Å²) in [5.74, 6) is 0. The summed E-state index contributed by atoms with van der Waals surface area (Å²) < 4.78 is 0. The van der Waals surface area contributed by atoms with Crippen LogP contribution in [0.1, 0.15) is 25.0 Å². The van der Waals surface area contributed by atoms with Gasteiger partial charge < -0.3 is 0 Å². The Bertz CT molecular complexity index is 279. The number of halogens is 2. The molecule has 1 aromatic rings. The van der Waals surface area contributed by atoms with E-state index < -0.39 is 0 Å². The van der Waals surface area contributed by atoms with Gasteiger partial charge in [0.15, 0.2) is 0 Å². The van der Waals surface area contributed by atoms with Crippen LogP contribution in [0.3, 0.4) is 0 Å². The van der Waals surface area contributed by atoms with Gasteiger partial charge in [0.2, 0.25) is 0 Å². The van der Waals surface area contributed by atoms with Crippen LogP contribution in [0.15, 0.2) is 12.1 Å². The summed E-state index contributed by atoms with van der Waals surface area (Å²) >= 11 is 11.9. The number of aryl methyl sites for hydroxylation is 1. The normalized spacial score (nSPS) is 10.3. The van der Waals surface area contributed by atoms with Gasteiger partial charge in [-0.05, 0) is 30.0 Å². The smallest absolute Gasteiger partial charge is 0.0626 e. The second-order valence-corrected chi connectivity index (χ2v) is 3.49. The quantitative estimate of drug-likeness (QED) is 0.678. The Balaban J connectivity index is 3.25. The Labute approximate surface area is 83.5 Å². The summed E-state index contributed by atoms with van der Waals surface area (Å²) in [6.45, 7) is 4.22. The van der Waals surface area contributed by atoms with Gasteiger partial charge in [-0.2, -0.15) is 0 Å². The molecule has 0 saturated carbocycles. The summed E-state index contributed by atoms with van der Waals surface area (Å²) in [4.78, 5) is 0. The predicted octanol–water partition coefficient (Wildman–Crippen LogP) is 4.12. The fraction of sp³-hybridized carbons (Fsp3) is 0.400. The Kier molecular flexibility index (Phi) is 3.42. The molecule has 0 amide bonds. The van der Waals surface area contributed by atoms with Gasteiger partial charge in [-0.25, -0.2) is 0 Å². The second-order valence-electron chi connectivity index (χ2n) is 2.71. The van der Waals surface area contributed by atoms with Crippen molar-refractivity contribution >= 4 is 23.2 Å². The molecule has 0 unspecified atom stereocenters. The van der Waals surface area contributed by atoms with Gasteiger partial charge in [0.05, 0.1) is 10.0 Å². The monoisotopic (exact) mass is 202 g/mol. The third-order valence-corrected chi connectivity index (χ3v) is 2.87. The highest BCUT2D eigenvalue weighted by atomic mass is 35.5. The molecule has 0 saturated heterocycles. The molecule has 0 aliphatic rings. The van der Waals surface area contributed by atoms with Gasteiger partial charge in [0.1, 0.15) is 0 Å². The van der Waals surface area contributed by atoms with Crippen molar-refractivity contribution in [2.24, 2.45) is 0 Å². The third-order valence-electron chi connectivity index (χ3n) is 2.03. The number of hydrogen-bond donors (Lipinski definition) is 0. The van der Waals surface area contributed by atoms with E-state index in [2.05, 4.69) is 13.8 Å². The van der Waals surface area contributed by atoms with Crippen LogP contribution in [0.25, 0.3) is 0 Å². The summed E-state index contributed by atoms with van der Waals surface area (Å²) in [5.41, 5.74) is 2.48. The van der Waals surface area contributed by atoms with E-state index in [1.807, 2.05) is 12.1 Å². The van der Waals surface area contributed by atoms with E-state index in [4.69, 9.17) is 23.2 Å². The molecule has 0 bridgehead atoms. The van der Waals surface area contributed by atoms with Gasteiger partial charge in [-0.1, -0.05) is 43.1 Å². The summed E-state index contributed by atoms with van der Waals surface area (Å²) in [5, 5.41) is 1.38. The van der Waals surface area contributed by atoms with Crippen LogP contribution in [0.2, 0.25) is 10.0 Å². The van der Waals surface area contributed by atoms with E-state index in [9.17, 15) is 0 Å². The Hall–Kier alpha value is -0.200. The highest BCUT2D eigenvalue weighted by Gasteiger charge is 2.06. The van der Waals surface area contributed by atoms with Gasteiger partial charge >= 0.3 is 0 Å². The molecule has 66 valence electrons. The van der Waals surface area contributed by atoms with Crippen molar-refractivity contribution in [1.82, 2.24) is 0 Å². The Morgan fingerprint density at radius 2 is 1.75 bits per heavy atom. The third kappa shape index (κ3) is 1.75. The van der Waals surface area contributed by atoms with Crippen LogP contribution < -0.4 is 0 Å². The van der Waals surface area contributed by atoms with E-state index in [0.29, 0.717) is 5.02 Å². The molecular weight excluding hydrogens is 191 g/mol. The fourth-order valence-electron chi connectivity index (χ4n) is 1.35. The van der Waals surface area contributed by atoms with Crippen LogP contribution in [-0.2, 0) is 12.8 Å². The minimum atomic E-state index is 0.658. The summed E-state index contributed by atoms with van der Waals surface area (Å²) in [6, 6.07) is 3.91. The molecule has 0 atom stereocenters. The van der Waals surface area contributed by atoms with Crippen molar-refractivity contribution in [3.8, 4) is 0 Å². The zero-order valence-electron chi connectivity index (χ0n) is 7.32. The number of hydrogen-bond acceptors (Lipinski definition) is 0. The number of rotatable bonds is 2. The Morgan fingerprint density at radius 1 is 1.08 bits per heavy atom. The SMILES string of the molecule is CCc1ccc(Cl)c(Cl)c1CC. The first-order chi connectivity index (χ1) is 5.70. The van der Waals surface area contributed by atoms with Crippen LogP contribution in [-0.4, -0.2) is 0 Å². The molecule has 0 heterocycles. The van der Waals surface area contributed by atoms with Gasteiger partial charge in [-0.15, -0.1) is 0 Å². The molecule has 1 aromatic carbocycles. The number of benzene rings is 1. The highest BCUT2D eigenvalue weighted by molar-refractivity contribution is 6.42. The maximum Gasteiger partial charge on any atom is 0.0626 e. The van der Waals surface area contributed by atoms with Crippen molar-refractivity contribution < 1.29 is 0 Å². The molecule has 0 spiro atoms. The van der Waals surface area contributed by atoms with Crippen molar-refractivity contribution in [2.45, 2.75) is 26.7 Å². The molecule has 12 heavy (non-hydrogen) atoms. The average molecular weight is 203 g/mol. The predicted molar refractivity (Wildman–Crippen MR) is 55.2 cm³/mol. The first-order valence-electron chi connectivity index (χ1n) is 4.16. The maximum absolute atomic E-state index is 6.05. The molecule has 2 heteroatoms. The largest absolute Gasteiger partial charge is 0.0827 e. The maximum atomic E-state index is 6.05. The van der Waals surface area contributed by atoms with Gasteiger partial charge in [0, 0.05) is 0 Å². The average Bonchev–Trinajstić information content (AvgIpc) is 2.09. The van der Waals surface area contributed by atoms with E-state index >= 15 is 0 Å².